The highest BCUT2D eigenvalue weighted by molar-refractivity contribution is 5.94. The molecule has 5 nitrogen and oxygen atoms in total. The molecule has 1 aromatic heterocycles. The Morgan fingerprint density at radius 1 is 1.00 bits per heavy atom. The molecule has 0 saturated carbocycles. The normalized spacial score (nSPS) is 10.7. The highest BCUT2D eigenvalue weighted by Gasteiger charge is 2.14. The zero-order valence-corrected chi connectivity index (χ0v) is 14.7. The number of nitrogens with zero attached hydrogens (tertiary/aromatic N) is 3. The van der Waals surface area contributed by atoms with Crippen molar-refractivity contribution in [2.24, 2.45) is 0 Å². The third-order valence-electron chi connectivity index (χ3n) is 4.08. The maximum absolute atomic E-state index is 12.4. The molecular formula is C20H21N3O2. The first-order valence-corrected chi connectivity index (χ1v) is 8.24. The molecule has 0 aliphatic heterocycles. The Bertz CT molecular complexity index is 851. The highest BCUT2D eigenvalue weighted by Crippen LogP contribution is 2.17. The van der Waals surface area contributed by atoms with Gasteiger partial charge in [-0.3, -0.25) is 4.79 Å². The fourth-order valence-corrected chi connectivity index (χ4v) is 2.45. The van der Waals surface area contributed by atoms with E-state index in [1.165, 1.54) is 5.56 Å². The lowest BCUT2D eigenvalue weighted by Gasteiger charge is -2.16. The summed E-state index contributed by atoms with van der Waals surface area (Å²) in [4.78, 5) is 18.5. The standard InChI is InChI=1S/C20H21N3O2/c1-14-4-8-16(9-5-14)19-21-18(22-25-19)12-13-23(3)20(24)17-10-6-15(2)7-11-17/h4-11H,12-13H2,1-3H3. The number of likely N-dealkylation sites (N-methyl/N-ethyl adjacent to an activating group) is 1. The van der Waals surface area contributed by atoms with Crippen molar-refractivity contribution in [2.75, 3.05) is 13.6 Å². The second kappa shape index (κ2) is 7.30. The quantitative estimate of drug-likeness (QED) is 0.714. The fourth-order valence-electron chi connectivity index (χ4n) is 2.45. The summed E-state index contributed by atoms with van der Waals surface area (Å²) >= 11 is 0. The first-order chi connectivity index (χ1) is 12.0. The van der Waals surface area contributed by atoms with Gasteiger partial charge in [-0.1, -0.05) is 40.5 Å². The summed E-state index contributed by atoms with van der Waals surface area (Å²) < 4.78 is 5.32. The number of rotatable bonds is 5. The van der Waals surface area contributed by atoms with Crippen molar-refractivity contribution in [3.8, 4) is 11.5 Å². The van der Waals surface area contributed by atoms with Crippen molar-refractivity contribution in [3.63, 3.8) is 0 Å². The smallest absolute Gasteiger partial charge is 0.257 e. The molecule has 1 amide bonds. The molecular weight excluding hydrogens is 314 g/mol. The van der Waals surface area contributed by atoms with Gasteiger partial charge in [-0.15, -0.1) is 0 Å². The van der Waals surface area contributed by atoms with Gasteiger partial charge in [0.05, 0.1) is 0 Å². The lowest BCUT2D eigenvalue weighted by atomic mass is 10.1. The molecule has 0 unspecified atom stereocenters. The Hall–Kier alpha value is -2.95. The molecule has 1 heterocycles. The molecule has 0 aliphatic rings. The Balaban J connectivity index is 1.60. The molecule has 0 atom stereocenters. The molecule has 3 rings (SSSR count). The predicted octanol–water partition coefficient (Wildman–Crippen LogP) is 3.67. The molecule has 0 N–H and O–H groups in total. The Morgan fingerprint density at radius 3 is 2.24 bits per heavy atom. The van der Waals surface area contributed by atoms with E-state index < -0.39 is 0 Å². The Morgan fingerprint density at radius 2 is 1.60 bits per heavy atom. The molecule has 0 bridgehead atoms. The average molecular weight is 335 g/mol. The van der Waals surface area contributed by atoms with Crippen molar-refractivity contribution in [1.29, 1.82) is 0 Å². The summed E-state index contributed by atoms with van der Waals surface area (Å²) in [5.74, 6) is 1.09. The average Bonchev–Trinajstić information content (AvgIpc) is 3.09. The minimum Gasteiger partial charge on any atom is -0.341 e. The molecule has 5 heteroatoms. The van der Waals surface area contributed by atoms with Crippen LogP contribution in [0, 0.1) is 13.8 Å². The number of amides is 1. The van der Waals surface area contributed by atoms with Gasteiger partial charge in [-0.25, -0.2) is 0 Å². The van der Waals surface area contributed by atoms with Crippen LogP contribution in [-0.2, 0) is 6.42 Å². The number of aromatic nitrogens is 2. The van der Waals surface area contributed by atoms with Crippen molar-refractivity contribution in [2.45, 2.75) is 20.3 Å². The van der Waals surface area contributed by atoms with Crippen LogP contribution in [0.15, 0.2) is 53.1 Å². The Labute approximate surface area is 147 Å². The van der Waals surface area contributed by atoms with Gasteiger partial charge >= 0.3 is 0 Å². The maximum Gasteiger partial charge on any atom is 0.257 e. The van der Waals surface area contributed by atoms with Crippen LogP contribution in [0.4, 0.5) is 0 Å². The molecule has 0 aliphatic carbocycles. The predicted molar refractivity (Wildman–Crippen MR) is 96.3 cm³/mol. The van der Waals surface area contributed by atoms with E-state index in [0.29, 0.717) is 30.2 Å². The zero-order valence-electron chi connectivity index (χ0n) is 14.7. The molecule has 2 aromatic carbocycles. The minimum atomic E-state index is -0.0118. The van der Waals surface area contributed by atoms with Gasteiger partial charge in [0.15, 0.2) is 5.82 Å². The van der Waals surface area contributed by atoms with Gasteiger partial charge in [0, 0.05) is 31.1 Å². The van der Waals surface area contributed by atoms with Crippen molar-refractivity contribution < 1.29 is 9.32 Å². The van der Waals surface area contributed by atoms with Crippen LogP contribution in [0.3, 0.4) is 0 Å². The van der Waals surface area contributed by atoms with E-state index in [4.69, 9.17) is 4.52 Å². The summed E-state index contributed by atoms with van der Waals surface area (Å²) in [6.45, 7) is 4.56. The number of carbonyl (C=O) groups is 1. The van der Waals surface area contributed by atoms with Gasteiger partial charge in [0.1, 0.15) is 0 Å². The third-order valence-corrected chi connectivity index (χ3v) is 4.08. The third kappa shape index (κ3) is 4.12. The van der Waals surface area contributed by atoms with Gasteiger partial charge < -0.3 is 9.42 Å². The summed E-state index contributed by atoms with van der Waals surface area (Å²) in [7, 11) is 1.78. The highest BCUT2D eigenvalue weighted by atomic mass is 16.5. The monoisotopic (exact) mass is 335 g/mol. The van der Waals surface area contributed by atoms with Crippen LogP contribution in [0.2, 0.25) is 0 Å². The van der Waals surface area contributed by atoms with Crippen LogP contribution in [-0.4, -0.2) is 34.5 Å². The molecule has 25 heavy (non-hydrogen) atoms. The number of hydrogen-bond acceptors (Lipinski definition) is 4. The van der Waals surface area contributed by atoms with E-state index >= 15 is 0 Å². The lowest BCUT2D eigenvalue weighted by molar-refractivity contribution is 0.0796. The van der Waals surface area contributed by atoms with E-state index in [2.05, 4.69) is 10.1 Å². The molecule has 0 spiro atoms. The first-order valence-electron chi connectivity index (χ1n) is 8.24. The van der Waals surface area contributed by atoms with Crippen LogP contribution < -0.4 is 0 Å². The van der Waals surface area contributed by atoms with Crippen LogP contribution >= 0.6 is 0 Å². The minimum absolute atomic E-state index is 0.0118. The van der Waals surface area contributed by atoms with Crippen molar-refractivity contribution in [1.82, 2.24) is 15.0 Å². The molecule has 0 fully saturated rings. The van der Waals surface area contributed by atoms with Crippen LogP contribution in [0.1, 0.15) is 27.3 Å². The molecule has 0 radical (unpaired) electrons. The summed E-state index contributed by atoms with van der Waals surface area (Å²) in [6, 6.07) is 15.5. The van der Waals surface area contributed by atoms with Crippen molar-refractivity contribution >= 4 is 5.91 Å². The zero-order chi connectivity index (χ0) is 17.8. The Kier molecular flexibility index (Phi) is 4.93. The van der Waals surface area contributed by atoms with E-state index in [9.17, 15) is 4.79 Å². The second-order valence-electron chi connectivity index (χ2n) is 6.22. The second-order valence-corrected chi connectivity index (χ2v) is 6.22. The maximum atomic E-state index is 12.4. The largest absolute Gasteiger partial charge is 0.341 e. The fraction of sp³-hybridized carbons (Fsp3) is 0.250. The van der Waals surface area contributed by atoms with E-state index in [1.807, 2.05) is 62.4 Å². The summed E-state index contributed by atoms with van der Waals surface area (Å²) in [5, 5.41) is 4.01. The number of benzene rings is 2. The molecule has 0 saturated heterocycles. The number of carbonyl (C=O) groups excluding carboxylic acids is 1. The van der Waals surface area contributed by atoms with E-state index in [1.54, 1.807) is 11.9 Å². The lowest BCUT2D eigenvalue weighted by Crippen LogP contribution is -2.29. The van der Waals surface area contributed by atoms with Crippen LogP contribution in [0.5, 0.6) is 0 Å². The molecule has 128 valence electrons. The van der Waals surface area contributed by atoms with Crippen molar-refractivity contribution in [3.05, 3.63) is 71.0 Å². The number of hydrogen-bond donors (Lipinski definition) is 0. The van der Waals surface area contributed by atoms with E-state index in [0.717, 1.165) is 11.1 Å². The first kappa shape index (κ1) is 16.9. The summed E-state index contributed by atoms with van der Waals surface area (Å²) in [5.41, 5.74) is 3.89. The van der Waals surface area contributed by atoms with Gasteiger partial charge in [-0.05, 0) is 38.1 Å². The SMILES string of the molecule is Cc1ccc(C(=O)N(C)CCc2noc(-c3ccc(C)cc3)n2)cc1. The van der Waals surface area contributed by atoms with Gasteiger partial charge in [-0.2, -0.15) is 4.98 Å². The summed E-state index contributed by atoms with van der Waals surface area (Å²) in [6.07, 6.45) is 0.545. The number of aryl methyl sites for hydroxylation is 2. The van der Waals surface area contributed by atoms with E-state index in [-0.39, 0.29) is 5.91 Å². The molecule has 3 aromatic rings. The van der Waals surface area contributed by atoms with Gasteiger partial charge in [0.2, 0.25) is 0 Å². The van der Waals surface area contributed by atoms with Gasteiger partial charge in [0.25, 0.3) is 11.8 Å². The van der Waals surface area contributed by atoms with Crippen LogP contribution in [0.25, 0.3) is 11.5 Å². The topological polar surface area (TPSA) is 59.2 Å².